The van der Waals surface area contributed by atoms with E-state index in [4.69, 9.17) is 11.6 Å². The Balaban J connectivity index is 1.80. The molecule has 0 atom stereocenters. The number of fused-ring (bicyclic) bond motifs is 1. The Hall–Kier alpha value is -3.68. The monoisotopic (exact) mass is 405 g/mol. The molecule has 0 unspecified atom stereocenters. The van der Waals surface area contributed by atoms with Gasteiger partial charge in [-0.3, -0.25) is 15.1 Å². The maximum absolute atomic E-state index is 9.62. The van der Waals surface area contributed by atoms with Crippen molar-refractivity contribution < 1.29 is 10.4 Å². The summed E-state index contributed by atoms with van der Waals surface area (Å²) in [7, 11) is 0. The lowest BCUT2D eigenvalue weighted by Gasteiger charge is -2.08. The van der Waals surface area contributed by atoms with Crippen LogP contribution in [0, 0.1) is 0 Å². The van der Waals surface area contributed by atoms with E-state index in [0.717, 1.165) is 11.3 Å². The van der Waals surface area contributed by atoms with Crippen molar-refractivity contribution in [2.45, 2.75) is 0 Å². The fraction of sp³-hybridized carbons (Fsp3) is 0. The van der Waals surface area contributed by atoms with E-state index in [1.807, 2.05) is 52.5 Å². The molecule has 0 amide bonds. The van der Waals surface area contributed by atoms with Crippen molar-refractivity contribution in [1.82, 2.24) is 14.9 Å². The molecule has 7 nitrogen and oxygen atoms in total. The van der Waals surface area contributed by atoms with Crippen molar-refractivity contribution in [1.29, 1.82) is 0 Å². The summed E-state index contributed by atoms with van der Waals surface area (Å²) in [5.74, 6) is -0.0113. The molecular formula is C21H16ClN5O2. The van der Waals surface area contributed by atoms with Gasteiger partial charge in [0.1, 0.15) is 5.69 Å². The predicted molar refractivity (Wildman–Crippen MR) is 112 cm³/mol. The Labute approximate surface area is 171 Å². The van der Waals surface area contributed by atoms with E-state index in [1.165, 1.54) is 0 Å². The summed E-state index contributed by atoms with van der Waals surface area (Å²) in [5.41, 5.74) is 5.59. The van der Waals surface area contributed by atoms with Crippen LogP contribution in [-0.4, -0.2) is 31.3 Å². The Morgan fingerprint density at radius 2 is 1.76 bits per heavy atom. The van der Waals surface area contributed by atoms with Crippen LogP contribution in [0.1, 0.15) is 5.56 Å². The van der Waals surface area contributed by atoms with E-state index in [9.17, 15) is 10.4 Å². The summed E-state index contributed by atoms with van der Waals surface area (Å²) >= 11 is 5.98. The van der Waals surface area contributed by atoms with Gasteiger partial charge in [-0.15, -0.1) is 0 Å². The number of nitrogens with one attached hydrogen (secondary N) is 1. The molecule has 4 rings (SSSR count). The smallest absolute Gasteiger partial charge is 0.180 e. The largest absolute Gasteiger partial charge is 0.410 e. The number of halogens is 1. The lowest BCUT2D eigenvalue weighted by molar-refractivity contribution is 0.236. The van der Waals surface area contributed by atoms with Crippen molar-refractivity contribution in [3.05, 3.63) is 89.7 Å². The van der Waals surface area contributed by atoms with Crippen molar-refractivity contribution in [2.24, 2.45) is 10.1 Å². The first kappa shape index (κ1) is 18.7. The molecule has 0 aliphatic carbocycles. The molecule has 0 bridgehead atoms. The second kappa shape index (κ2) is 8.14. The molecule has 0 aliphatic heterocycles. The molecular weight excluding hydrogens is 390 g/mol. The summed E-state index contributed by atoms with van der Waals surface area (Å²) in [6.45, 7) is 0. The third-order valence-corrected chi connectivity index (χ3v) is 4.62. The number of benzene rings is 2. The fourth-order valence-corrected chi connectivity index (χ4v) is 3.13. The third kappa shape index (κ3) is 3.69. The maximum Gasteiger partial charge on any atom is 0.180 e. The van der Waals surface area contributed by atoms with E-state index in [1.54, 1.807) is 36.5 Å². The van der Waals surface area contributed by atoms with Gasteiger partial charge in [0.15, 0.2) is 17.2 Å². The summed E-state index contributed by atoms with van der Waals surface area (Å²) in [4.78, 5) is 8.91. The summed E-state index contributed by atoms with van der Waals surface area (Å²) in [6, 6.07) is 19.9. The van der Waals surface area contributed by atoms with Crippen molar-refractivity contribution in [3.8, 4) is 11.3 Å². The fourth-order valence-electron chi connectivity index (χ4n) is 3.01. The van der Waals surface area contributed by atoms with Gasteiger partial charge in [0, 0.05) is 22.3 Å². The molecule has 144 valence electrons. The molecule has 2 heterocycles. The van der Waals surface area contributed by atoms with Gasteiger partial charge in [0.05, 0.1) is 11.9 Å². The summed E-state index contributed by atoms with van der Waals surface area (Å²) < 4.78 is 1.88. The van der Waals surface area contributed by atoms with Crippen LogP contribution in [-0.2, 0) is 0 Å². The minimum absolute atomic E-state index is 0.0113. The molecule has 0 saturated carbocycles. The number of oxime groups is 1. The van der Waals surface area contributed by atoms with E-state index >= 15 is 0 Å². The quantitative estimate of drug-likeness (QED) is 0.201. The molecule has 8 heteroatoms. The zero-order valence-electron chi connectivity index (χ0n) is 15.1. The SMILES string of the molecule is O/N=C(/C(=Nc1cccn2c(-c3ccc(Cl)cc3)cnc12)NO)c1ccccc1. The zero-order valence-corrected chi connectivity index (χ0v) is 15.8. The number of aromatic nitrogens is 2. The van der Waals surface area contributed by atoms with Crippen LogP contribution in [0.15, 0.2) is 89.3 Å². The molecule has 3 N–H and O–H groups in total. The van der Waals surface area contributed by atoms with Gasteiger partial charge < -0.3 is 5.21 Å². The normalized spacial score (nSPS) is 12.3. The number of hydrogen-bond acceptors (Lipinski definition) is 5. The first-order valence-corrected chi connectivity index (χ1v) is 9.07. The highest BCUT2D eigenvalue weighted by Crippen LogP contribution is 2.27. The van der Waals surface area contributed by atoms with Gasteiger partial charge in [0.25, 0.3) is 0 Å². The first-order chi connectivity index (χ1) is 14.2. The molecule has 0 radical (unpaired) electrons. The van der Waals surface area contributed by atoms with Gasteiger partial charge in [0.2, 0.25) is 0 Å². The topological polar surface area (TPSA) is 94.5 Å². The lowest BCUT2D eigenvalue weighted by atomic mass is 10.1. The van der Waals surface area contributed by atoms with Crippen LogP contribution in [0.25, 0.3) is 16.9 Å². The van der Waals surface area contributed by atoms with E-state index in [2.05, 4.69) is 15.1 Å². The zero-order chi connectivity index (χ0) is 20.2. The summed E-state index contributed by atoms with van der Waals surface area (Å²) in [6.07, 6.45) is 3.61. The first-order valence-electron chi connectivity index (χ1n) is 8.70. The number of amidine groups is 1. The second-order valence-electron chi connectivity index (χ2n) is 6.12. The molecule has 0 spiro atoms. The number of pyridine rings is 1. The molecule has 0 aliphatic rings. The predicted octanol–water partition coefficient (Wildman–Crippen LogP) is 4.54. The number of imidazole rings is 1. The van der Waals surface area contributed by atoms with Gasteiger partial charge >= 0.3 is 0 Å². The Kier molecular flexibility index (Phi) is 5.24. The second-order valence-corrected chi connectivity index (χ2v) is 6.56. The van der Waals surface area contributed by atoms with Crippen LogP contribution < -0.4 is 5.48 Å². The van der Waals surface area contributed by atoms with E-state index in [-0.39, 0.29) is 11.5 Å². The maximum atomic E-state index is 9.62. The summed E-state index contributed by atoms with van der Waals surface area (Å²) in [5, 5.41) is 23.0. The van der Waals surface area contributed by atoms with Crippen LogP contribution in [0.2, 0.25) is 5.02 Å². The molecule has 2 aromatic carbocycles. The number of rotatable bonds is 4. The van der Waals surface area contributed by atoms with E-state index < -0.39 is 0 Å². The standard InChI is InChI=1S/C21H16ClN5O2/c22-16-10-8-14(9-11-16)18-13-23-21-17(7-4-12-27(18)21)24-20(26-29)19(25-28)15-5-2-1-3-6-15/h1-13,28-29H,(H,24,26)/b25-19+. The van der Waals surface area contributed by atoms with Gasteiger partial charge in [-0.05, 0) is 24.3 Å². The van der Waals surface area contributed by atoms with Crippen molar-refractivity contribution in [3.63, 3.8) is 0 Å². The third-order valence-electron chi connectivity index (χ3n) is 4.36. The molecule has 2 aromatic heterocycles. The van der Waals surface area contributed by atoms with Crippen LogP contribution in [0.4, 0.5) is 5.69 Å². The van der Waals surface area contributed by atoms with Crippen LogP contribution in [0.3, 0.4) is 0 Å². The number of hydroxylamine groups is 1. The van der Waals surface area contributed by atoms with Crippen molar-refractivity contribution >= 4 is 34.5 Å². The van der Waals surface area contributed by atoms with Crippen molar-refractivity contribution in [2.75, 3.05) is 0 Å². The average molecular weight is 406 g/mol. The Morgan fingerprint density at radius 1 is 1.00 bits per heavy atom. The molecule has 0 fully saturated rings. The lowest BCUT2D eigenvalue weighted by Crippen LogP contribution is -2.29. The Morgan fingerprint density at radius 3 is 2.45 bits per heavy atom. The van der Waals surface area contributed by atoms with Crippen LogP contribution in [0.5, 0.6) is 0 Å². The highest BCUT2D eigenvalue weighted by Gasteiger charge is 2.15. The van der Waals surface area contributed by atoms with Gasteiger partial charge in [-0.1, -0.05) is 59.2 Å². The van der Waals surface area contributed by atoms with Gasteiger partial charge in [-0.25, -0.2) is 9.98 Å². The molecule has 0 saturated heterocycles. The number of nitrogens with zero attached hydrogens (tertiary/aromatic N) is 4. The highest BCUT2D eigenvalue weighted by atomic mass is 35.5. The highest BCUT2D eigenvalue weighted by molar-refractivity contribution is 6.47. The molecule has 4 aromatic rings. The Bertz CT molecular complexity index is 1200. The van der Waals surface area contributed by atoms with Crippen LogP contribution >= 0.6 is 11.6 Å². The van der Waals surface area contributed by atoms with Gasteiger partial charge in [-0.2, -0.15) is 0 Å². The number of hydrogen-bond donors (Lipinski definition) is 3. The minimum atomic E-state index is -0.0113. The minimum Gasteiger partial charge on any atom is -0.410 e. The molecule has 29 heavy (non-hydrogen) atoms. The number of aliphatic imine (C=N–C) groups is 1. The average Bonchev–Trinajstić information content (AvgIpc) is 3.20. The van der Waals surface area contributed by atoms with E-state index in [0.29, 0.717) is 21.9 Å².